The Labute approximate surface area is 138 Å². The lowest BCUT2D eigenvalue weighted by Gasteiger charge is -2.25. The molecule has 2 rings (SSSR count). The summed E-state index contributed by atoms with van der Waals surface area (Å²) in [6.45, 7) is 6.34. The highest BCUT2D eigenvalue weighted by atomic mass is 79.9. The van der Waals surface area contributed by atoms with Crippen LogP contribution in [0.3, 0.4) is 0 Å². The van der Waals surface area contributed by atoms with Crippen LogP contribution >= 0.6 is 15.9 Å². The molecule has 1 saturated heterocycles. The van der Waals surface area contributed by atoms with Gasteiger partial charge in [-0.2, -0.15) is 0 Å². The maximum atomic E-state index is 12.0. The molecule has 1 aliphatic heterocycles. The van der Waals surface area contributed by atoms with Crippen LogP contribution in [0.25, 0.3) is 0 Å². The number of hydrazine groups is 1. The second-order valence-electron chi connectivity index (χ2n) is 5.94. The Hall–Kier alpha value is -1.66. The fourth-order valence-electron chi connectivity index (χ4n) is 2.69. The Bertz CT molecular complexity index is 608. The number of benzene rings is 1. The van der Waals surface area contributed by atoms with Crippen molar-refractivity contribution in [3.63, 3.8) is 0 Å². The summed E-state index contributed by atoms with van der Waals surface area (Å²) in [7, 11) is 0. The lowest BCUT2D eigenvalue weighted by molar-refractivity contribution is -0.132. The second kappa shape index (κ2) is 6.62. The van der Waals surface area contributed by atoms with Crippen molar-refractivity contribution in [2.75, 3.05) is 12.0 Å². The van der Waals surface area contributed by atoms with Gasteiger partial charge in [0.05, 0.1) is 11.6 Å². The Kier molecular flexibility index (Phi) is 5.03. The van der Waals surface area contributed by atoms with Gasteiger partial charge in [-0.1, -0.05) is 15.9 Å². The summed E-state index contributed by atoms with van der Waals surface area (Å²) in [6, 6.07) is 7.73. The lowest BCUT2D eigenvalue weighted by atomic mass is 9.82. The van der Waals surface area contributed by atoms with Crippen LogP contribution in [0.2, 0.25) is 0 Å². The van der Waals surface area contributed by atoms with Gasteiger partial charge in [0.25, 0.3) is 0 Å². The van der Waals surface area contributed by atoms with Gasteiger partial charge >= 0.3 is 0 Å². The minimum Gasteiger partial charge on any atom is -0.307 e. The van der Waals surface area contributed by atoms with Crippen molar-refractivity contribution in [3.8, 4) is 0 Å². The summed E-state index contributed by atoms with van der Waals surface area (Å²) >= 11 is 3.39. The number of carbonyl (C=O) groups excluding carboxylic acids is 2. The number of hydrogen-bond acceptors (Lipinski definition) is 5. The molecule has 0 amide bonds. The van der Waals surface area contributed by atoms with E-state index in [1.54, 1.807) is 0 Å². The Morgan fingerprint density at radius 3 is 2.59 bits per heavy atom. The van der Waals surface area contributed by atoms with E-state index in [4.69, 9.17) is 0 Å². The van der Waals surface area contributed by atoms with E-state index >= 15 is 0 Å². The molecular formula is C16H20BrN3O2. The standard InChI is InChI=1S/C16H20BrN3O2/c1-10(19-20-12-6-4-11(17)5-7-12)13-8-18-16(2,3)15(13)14(22)9-21/h4-7,9,15,18-20H,8H2,1-3H3. The quantitative estimate of drug-likeness (QED) is 0.424. The molecule has 0 aliphatic carbocycles. The highest BCUT2D eigenvalue weighted by Crippen LogP contribution is 2.32. The zero-order chi connectivity index (χ0) is 16.3. The van der Waals surface area contributed by atoms with E-state index in [2.05, 4.69) is 32.1 Å². The van der Waals surface area contributed by atoms with Gasteiger partial charge in [-0.05, 0) is 50.6 Å². The zero-order valence-corrected chi connectivity index (χ0v) is 14.5. The predicted octanol–water partition coefficient (Wildman–Crippen LogP) is 2.41. The van der Waals surface area contributed by atoms with Gasteiger partial charge in [0.1, 0.15) is 0 Å². The molecule has 1 aromatic rings. The molecule has 118 valence electrons. The minimum atomic E-state index is -0.441. The highest BCUT2D eigenvalue weighted by Gasteiger charge is 2.43. The zero-order valence-electron chi connectivity index (χ0n) is 12.9. The number of allylic oxidation sites excluding steroid dienone is 1. The third-order valence-electron chi connectivity index (χ3n) is 3.93. The molecule has 6 heteroatoms. The number of rotatable bonds is 5. The average molecular weight is 366 g/mol. The summed E-state index contributed by atoms with van der Waals surface area (Å²) in [4.78, 5) is 22.9. The second-order valence-corrected chi connectivity index (χ2v) is 6.85. The Balaban J connectivity index is 2.15. The first-order valence-corrected chi connectivity index (χ1v) is 7.85. The topological polar surface area (TPSA) is 70.2 Å². The average Bonchev–Trinajstić information content (AvgIpc) is 2.81. The van der Waals surface area contributed by atoms with Crippen LogP contribution in [0.15, 0.2) is 40.0 Å². The smallest absolute Gasteiger partial charge is 0.204 e. The fraction of sp³-hybridized carbons (Fsp3) is 0.375. The molecule has 1 heterocycles. The normalized spacial score (nSPS) is 22.1. The van der Waals surface area contributed by atoms with E-state index in [1.165, 1.54) is 0 Å². The largest absolute Gasteiger partial charge is 0.307 e. The molecule has 1 unspecified atom stereocenters. The molecule has 3 N–H and O–H groups in total. The van der Waals surface area contributed by atoms with E-state index in [0.717, 1.165) is 21.4 Å². The number of hydrogen-bond donors (Lipinski definition) is 3. The van der Waals surface area contributed by atoms with Crippen molar-refractivity contribution in [2.24, 2.45) is 5.92 Å². The maximum absolute atomic E-state index is 12.0. The van der Waals surface area contributed by atoms with Crippen molar-refractivity contribution in [1.29, 1.82) is 0 Å². The highest BCUT2D eigenvalue weighted by molar-refractivity contribution is 9.10. The van der Waals surface area contributed by atoms with E-state index in [1.807, 2.05) is 45.0 Å². The van der Waals surface area contributed by atoms with E-state index < -0.39 is 17.2 Å². The third kappa shape index (κ3) is 3.56. The first kappa shape index (κ1) is 16.7. The van der Waals surface area contributed by atoms with Crippen LogP contribution in [0.1, 0.15) is 20.8 Å². The van der Waals surface area contributed by atoms with Crippen LogP contribution in [0.4, 0.5) is 5.69 Å². The summed E-state index contributed by atoms with van der Waals surface area (Å²) in [5.74, 6) is -0.834. The Morgan fingerprint density at radius 2 is 2.00 bits per heavy atom. The van der Waals surface area contributed by atoms with Crippen LogP contribution in [-0.4, -0.2) is 24.2 Å². The molecular weight excluding hydrogens is 346 g/mol. The number of Topliss-reactive ketones (excluding diaryl/α,β-unsaturated/α-hetero) is 1. The lowest BCUT2D eigenvalue weighted by Crippen LogP contribution is -2.42. The molecule has 1 fully saturated rings. The summed E-state index contributed by atoms with van der Waals surface area (Å²) in [6.07, 6.45) is 0.412. The van der Waals surface area contributed by atoms with Crippen molar-refractivity contribution >= 4 is 33.7 Å². The third-order valence-corrected chi connectivity index (χ3v) is 4.45. The monoisotopic (exact) mass is 365 g/mol. The molecule has 0 radical (unpaired) electrons. The summed E-state index contributed by atoms with van der Waals surface area (Å²) in [5, 5.41) is 3.29. The summed E-state index contributed by atoms with van der Waals surface area (Å²) in [5.41, 5.74) is 8.45. The van der Waals surface area contributed by atoms with Crippen molar-refractivity contribution in [3.05, 3.63) is 40.0 Å². The van der Waals surface area contributed by atoms with Gasteiger partial charge in [0.15, 0.2) is 6.29 Å². The number of carbonyl (C=O) groups is 2. The predicted molar refractivity (Wildman–Crippen MR) is 90.2 cm³/mol. The van der Waals surface area contributed by atoms with Crippen molar-refractivity contribution < 1.29 is 9.59 Å². The molecule has 0 bridgehead atoms. The van der Waals surface area contributed by atoms with Gasteiger partial charge in [-0.3, -0.25) is 9.59 Å². The van der Waals surface area contributed by atoms with E-state index in [-0.39, 0.29) is 0 Å². The van der Waals surface area contributed by atoms with Gasteiger partial charge < -0.3 is 16.2 Å². The van der Waals surface area contributed by atoms with E-state index in [9.17, 15) is 9.59 Å². The number of anilines is 1. The molecule has 1 atom stereocenters. The first-order valence-electron chi connectivity index (χ1n) is 7.06. The van der Waals surface area contributed by atoms with Gasteiger partial charge in [-0.15, -0.1) is 0 Å². The van der Waals surface area contributed by atoms with Crippen LogP contribution in [0, 0.1) is 5.92 Å². The Morgan fingerprint density at radius 1 is 1.36 bits per heavy atom. The molecule has 5 nitrogen and oxygen atoms in total. The fourth-order valence-corrected chi connectivity index (χ4v) is 2.95. The first-order chi connectivity index (χ1) is 10.3. The molecule has 0 spiro atoms. The number of ketones is 1. The van der Waals surface area contributed by atoms with E-state index in [0.29, 0.717) is 12.8 Å². The van der Waals surface area contributed by atoms with Gasteiger partial charge in [0.2, 0.25) is 5.78 Å². The maximum Gasteiger partial charge on any atom is 0.204 e. The number of halogens is 1. The number of nitrogens with one attached hydrogen (secondary N) is 3. The molecule has 0 aromatic heterocycles. The molecule has 22 heavy (non-hydrogen) atoms. The van der Waals surface area contributed by atoms with Crippen LogP contribution < -0.4 is 16.2 Å². The SMILES string of the molecule is CC(NNc1ccc(Br)cc1)=C1CNC(C)(C)C1C(=O)C=O. The minimum absolute atomic E-state index is 0.394. The molecule has 1 aliphatic rings. The van der Waals surface area contributed by atoms with Gasteiger partial charge in [-0.25, -0.2) is 0 Å². The van der Waals surface area contributed by atoms with Gasteiger partial charge in [0, 0.05) is 22.3 Å². The molecule has 1 aromatic carbocycles. The summed E-state index contributed by atoms with van der Waals surface area (Å²) < 4.78 is 1.01. The van der Waals surface area contributed by atoms with Crippen molar-refractivity contribution in [1.82, 2.24) is 10.7 Å². The van der Waals surface area contributed by atoms with Crippen LogP contribution in [0.5, 0.6) is 0 Å². The van der Waals surface area contributed by atoms with Crippen molar-refractivity contribution in [2.45, 2.75) is 26.3 Å². The molecule has 0 saturated carbocycles. The van der Waals surface area contributed by atoms with Crippen LogP contribution in [-0.2, 0) is 9.59 Å². The number of aldehydes is 1.